The fourth-order valence-electron chi connectivity index (χ4n) is 7.34. The Kier molecular flexibility index (Phi) is 6.63. The van der Waals surface area contributed by atoms with E-state index in [1.807, 2.05) is 97.1 Å². The maximum Gasteiger partial charge on any atom is 0.268 e. The van der Waals surface area contributed by atoms with Crippen LogP contribution in [0.2, 0.25) is 0 Å². The Balaban J connectivity index is 1.27. The molecule has 232 valence electrons. The van der Waals surface area contributed by atoms with Crippen LogP contribution in [0.1, 0.15) is 26.3 Å². The smallest absolute Gasteiger partial charge is 0.268 e. The highest BCUT2D eigenvalue weighted by atomic mass is 16.2. The highest BCUT2D eigenvalue weighted by molar-refractivity contribution is 6.36. The number of rotatable bonds is 5. The SMILES string of the molecule is Cc1cccc(-c2cccc3c4ccccc4n(-c4cccc5c4C(=O)N(c4cc(-c6ccccc6)cc(-c6ccccc6)c4)C5=O)c23)c1. The van der Waals surface area contributed by atoms with E-state index in [0.29, 0.717) is 22.5 Å². The summed E-state index contributed by atoms with van der Waals surface area (Å²) in [5.41, 5.74) is 11.2. The number of benzene rings is 7. The molecule has 9 rings (SSSR count). The third-order valence-electron chi connectivity index (χ3n) is 9.55. The van der Waals surface area contributed by atoms with E-state index in [4.69, 9.17) is 0 Å². The minimum atomic E-state index is -0.334. The molecule has 4 heteroatoms. The van der Waals surface area contributed by atoms with Crippen LogP contribution in [-0.2, 0) is 0 Å². The van der Waals surface area contributed by atoms with Crippen molar-refractivity contribution in [2.75, 3.05) is 4.90 Å². The Morgan fingerprint density at radius 3 is 1.76 bits per heavy atom. The average Bonchev–Trinajstić information content (AvgIpc) is 3.63. The van der Waals surface area contributed by atoms with Gasteiger partial charge >= 0.3 is 0 Å². The van der Waals surface area contributed by atoms with Crippen LogP contribution in [0.15, 0.2) is 164 Å². The Morgan fingerprint density at radius 1 is 0.449 bits per heavy atom. The summed E-state index contributed by atoms with van der Waals surface area (Å²) in [5.74, 6) is -0.662. The van der Waals surface area contributed by atoms with Gasteiger partial charge in [0.1, 0.15) is 0 Å². The quantitative estimate of drug-likeness (QED) is 0.178. The lowest BCUT2D eigenvalue weighted by atomic mass is 9.97. The molecule has 1 aliphatic heterocycles. The van der Waals surface area contributed by atoms with Gasteiger partial charge in [-0.15, -0.1) is 0 Å². The third-order valence-corrected chi connectivity index (χ3v) is 9.55. The molecule has 1 aliphatic rings. The summed E-state index contributed by atoms with van der Waals surface area (Å²) in [5, 5.41) is 2.17. The minimum absolute atomic E-state index is 0.328. The summed E-state index contributed by atoms with van der Waals surface area (Å²) in [6.07, 6.45) is 0. The van der Waals surface area contributed by atoms with Crippen LogP contribution in [0.4, 0.5) is 5.69 Å². The third kappa shape index (κ3) is 4.61. The van der Waals surface area contributed by atoms with Gasteiger partial charge in [-0.1, -0.05) is 133 Å². The summed E-state index contributed by atoms with van der Waals surface area (Å²) >= 11 is 0. The molecule has 7 aromatic carbocycles. The number of hydrogen-bond acceptors (Lipinski definition) is 2. The van der Waals surface area contributed by atoms with Crippen molar-refractivity contribution >= 4 is 39.3 Å². The predicted molar refractivity (Wildman–Crippen MR) is 199 cm³/mol. The summed E-state index contributed by atoms with van der Waals surface area (Å²) in [6.45, 7) is 2.10. The van der Waals surface area contributed by atoms with E-state index < -0.39 is 0 Å². The maximum atomic E-state index is 14.8. The van der Waals surface area contributed by atoms with Crippen LogP contribution in [-0.4, -0.2) is 16.4 Å². The van der Waals surface area contributed by atoms with Gasteiger partial charge in [0.05, 0.1) is 33.5 Å². The number of fused-ring (bicyclic) bond motifs is 4. The molecule has 0 saturated heterocycles. The second-order valence-corrected chi connectivity index (χ2v) is 12.6. The van der Waals surface area contributed by atoms with Crippen LogP contribution in [0, 0.1) is 6.92 Å². The zero-order valence-corrected chi connectivity index (χ0v) is 26.8. The highest BCUT2D eigenvalue weighted by Crippen LogP contribution is 2.42. The Labute approximate surface area is 284 Å². The molecule has 0 atom stereocenters. The average molecular weight is 631 g/mol. The molecule has 1 aromatic heterocycles. The molecule has 0 fully saturated rings. The molecular weight excluding hydrogens is 601 g/mol. The van der Waals surface area contributed by atoms with Crippen LogP contribution >= 0.6 is 0 Å². The molecule has 0 radical (unpaired) electrons. The van der Waals surface area contributed by atoms with Gasteiger partial charge < -0.3 is 4.57 Å². The Hall–Kier alpha value is -6.52. The van der Waals surface area contributed by atoms with E-state index in [9.17, 15) is 9.59 Å². The molecule has 49 heavy (non-hydrogen) atoms. The lowest BCUT2D eigenvalue weighted by Crippen LogP contribution is -2.29. The first-order valence-corrected chi connectivity index (χ1v) is 16.4. The molecule has 0 spiro atoms. The fraction of sp³-hybridized carbons (Fsp3) is 0.0222. The van der Waals surface area contributed by atoms with Gasteiger partial charge in [0, 0.05) is 16.3 Å². The van der Waals surface area contributed by atoms with E-state index in [0.717, 1.165) is 55.2 Å². The van der Waals surface area contributed by atoms with Gasteiger partial charge in [0.15, 0.2) is 0 Å². The van der Waals surface area contributed by atoms with Crippen molar-refractivity contribution in [3.63, 3.8) is 0 Å². The van der Waals surface area contributed by atoms with Gasteiger partial charge in [-0.2, -0.15) is 0 Å². The summed E-state index contributed by atoms with van der Waals surface area (Å²) < 4.78 is 2.17. The number of nitrogens with zero attached hydrogens (tertiary/aromatic N) is 2. The van der Waals surface area contributed by atoms with E-state index in [1.165, 1.54) is 10.5 Å². The van der Waals surface area contributed by atoms with Crippen molar-refractivity contribution in [2.24, 2.45) is 0 Å². The molecule has 0 saturated carbocycles. The summed E-state index contributed by atoms with van der Waals surface area (Å²) in [7, 11) is 0. The second-order valence-electron chi connectivity index (χ2n) is 12.6. The molecule has 0 unspecified atom stereocenters. The van der Waals surface area contributed by atoms with Crippen LogP contribution in [0.25, 0.3) is 60.9 Å². The fourth-order valence-corrected chi connectivity index (χ4v) is 7.34. The van der Waals surface area contributed by atoms with Crippen LogP contribution in [0.5, 0.6) is 0 Å². The lowest BCUT2D eigenvalue weighted by molar-refractivity contribution is 0.0926. The first-order valence-electron chi connectivity index (χ1n) is 16.4. The van der Waals surface area contributed by atoms with Crippen molar-refractivity contribution in [3.05, 3.63) is 180 Å². The lowest BCUT2D eigenvalue weighted by Gasteiger charge is -2.18. The Bertz CT molecular complexity index is 2540. The number of para-hydroxylation sites is 2. The maximum absolute atomic E-state index is 14.8. The number of aryl methyl sites for hydroxylation is 1. The largest absolute Gasteiger partial charge is 0.308 e. The molecule has 2 heterocycles. The molecular formula is C45H30N2O2. The van der Waals surface area contributed by atoms with Gasteiger partial charge in [-0.3, -0.25) is 9.59 Å². The van der Waals surface area contributed by atoms with E-state index >= 15 is 0 Å². The number of amides is 2. The Morgan fingerprint density at radius 2 is 1.04 bits per heavy atom. The summed E-state index contributed by atoms with van der Waals surface area (Å²) in [6, 6.07) is 54.9. The molecule has 0 N–H and O–H groups in total. The minimum Gasteiger partial charge on any atom is -0.308 e. The van der Waals surface area contributed by atoms with Crippen molar-refractivity contribution < 1.29 is 9.59 Å². The normalized spacial score (nSPS) is 12.6. The number of hydrogen-bond donors (Lipinski definition) is 0. The number of anilines is 1. The van der Waals surface area contributed by atoms with Crippen molar-refractivity contribution in [1.29, 1.82) is 0 Å². The molecule has 0 aliphatic carbocycles. The number of carbonyl (C=O) groups excluding carboxylic acids is 2. The molecule has 8 aromatic rings. The van der Waals surface area contributed by atoms with E-state index in [1.54, 1.807) is 6.07 Å². The van der Waals surface area contributed by atoms with E-state index in [2.05, 4.69) is 72.2 Å². The summed E-state index contributed by atoms with van der Waals surface area (Å²) in [4.78, 5) is 30.5. The van der Waals surface area contributed by atoms with Gasteiger partial charge in [-0.25, -0.2) is 4.90 Å². The van der Waals surface area contributed by atoms with Gasteiger partial charge in [0.2, 0.25) is 0 Å². The monoisotopic (exact) mass is 630 g/mol. The number of imide groups is 1. The van der Waals surface area contributed by atoms with Crippen LogP contribution < -0.4 is 4.90 Å². The van der Waals surface area contributed by atoms with Crippen molar-refractivity contribution in [3.8, 4) is 39.1 Å². The van der Waals surface area contributed by atoms with Crippen molar-refractivity contribution in [2.45, 2.75) is 6.92 Å². The highest BCUT2D eigenvalue weighted by Gasteiger charge is 2.40. The zero-order chi connectivity index (χ0) is 33.1. The molecule has 2 amide bonds. The van der Waals surface area contributed by atoms with Crippen LogP contribution in [0.3, 0.4) is 0 Å². The standard InChI is InChI=1S/C45H30N2O2/c1-29-13-10-18-32(25-29)36-20-11-21-38-37-19-8-9-23-40(37)47(43(36)38)41-24-12-22-39-42(41)45(49)46(44(39)48)35-27-33(30-14-4-2-5-15-30)26-34(28-35)31-16-6-3-7-17-31/h2-28H,1H3. The van der Waals surface area contributed by atoms with Crippen molar-refractivity contribution in [1.82, 2.24) is 4.57 Å². The second kappa shape index (κ2) is 11.3. The predicted octanol–water partition coefficient (Wildman–Crippen LogP) is 10.9. The zero-order valence-electron chi connectivity index (χ0n) is 26.8. The number of carbonyl (C=O) groups is 2. The first-order chi connectivity index (χ1) is 24.1. The molecule has 4 nitrogen and oxygen atoms in total. The van der Waals surface area contributed by atoms with Gasteiger partial charge in [0.25, 0.3) is 11.8 Å². The van der Waals surface area contributed by atoms with Gasteiger partial charge in [-0.05, 0) is 71.1 Å². The topological polar surface area (TPSA) is 42.3 Å². The molecule has 0 bridgehead atoms. The van der Waals surface area contributed by atoms with E-state index in [-0.39, 0.29) is 11.8 Å². The number of aromatic nitrogens is 1. The first kappa shape index (κ1) is 28.7.